The van der Waals surface area contributed by atoms with Crippen LogP contribution in [0.3, 0.4) is 0 Å². The lowest BCUT2D eigenvalue weighted by Crippen LogP contribution is -2.31. The van der Waals surface area contributed by atoms with Crippen molar-refractivity contribution in [1.29, 1.82) is 0 Å². The van der Waals surface area contributed by atoms with Crippen LogP contribution < -0.4 is 5.32 Å². The number of halogens is 2. The third-order valence-electron chi connectivity index (χ3n) is 3.76. The number of amides is 2. The first-order chi connectivity index (χ1) is 12.9. The van der Waals surface area contributed by atoms with Gasteiger partial charge in [-0.1, -0.05) is 42.2 Å². The van der Waals surface area contributed by atoms with Crippen LogP contribution in [-0.2, 0) is 9.59 Å². The molecule has 1 N–H and O–H groups in total. The SMILES string of the molecule is O=C(CCN1C(=O)/C(=C/c2ccccc2F)SC1=S)Nc1ccc(F)cc1. The number of hydrogen-bond acceptors (Lipinski definition) is 4. The Balaban J connectivity index is 1.61. The van der Waals surface area contributed by atoms with Gasteiger partial charge in [-0.25, -0.2) is 8.78 Å². The Morgan fingerprint density at radius 1 is 1.15 bits per heavy atom. The Labute approximate surface area is 164 Å². The van der Waals surface area contributed by atoms with E-state index in [2.05, 4.69) is 5.32 Å². The summed E-state index contributed by atoms with van der Waals surface area (Å²) in [6, 6.07) is 11.5. The number of thiocarbonyl (C=S) groups is 1. The van der Waals surface area contributed by atoms with Crippen molar-refractivity contribution in [2.24, 2.45) is 0 Å². The van der Waals surface area contributed by atoms with E-state index in [0.29, 0.717) is 20.5 Å². The van der Waals surface area contributed by atoms with Crippen LogP contribution in [0.25, 0.3) is 6.08 Å². The van der Waals surface area contributed by atoms with E-state index < -0.39 is 11.6 Å². The molecule has 0 spiro atoms. The fourth-order valence-corrected chi connectivity index (χ4v) is 3.70. The number of rotatable bonds is 5. The number of anilines is 1. The van der Waals surface area contributed by atoms with Crippen LogP contribution in [0.2, 0.25) is 0 Å². The summed E-state index contributed by atoms with van der Waals surface area (Å²) in [4.78, 5) is 26.1. The lowest BCUT2D eigenvalue weighted by molar-refractivity contribution is -0.122. The second-order valence-electron chi connectivity index (χ2n) is 5.66. The van der Waals surface area contributed by atoms with E-state index in [1.165, 1.54) is 41.3 Å². The van der Waals surface area contributed by atoms with Gasteiger partial charge >= 0.3 is 0 Å². The van der Waals surface area contributed by atoms with E-state index >= 15 is 0 Å². The Hall–Kier alpha value is -2.58. The lowest BCUT2D eigenvalue weighted by Gasteiger charge is -2.14. The molecule has 2 amide bonds. The van der Waals surface area contributed by atoms with Crippen molar-refractivity contribution in [3.8, 4) is 0 Å². The second kappa shape index (κ2) is 8.41. The van der Waals surface area contributed by atoms with Gasteiger partial charge in [0.05, 0.1) is 4.91 Å². The summed E-state index contributed by atoms with van der Waals surface area (Å²) < 4.78 is 27.0. The van der Waals surface area contributed by atoms with Crippen molar-refractivity contribution < 1.29 is 18.4 Å². The Morgan fingerprint density at radius 3 is 2.56 bits per heavy atom. The van der Waals surface area contributed by atoms with Gasteiger partial charge in [0.15, 0.2) is 0 Å². The molecule has 0 radical (unpaired) electrons. The predicted octanol–water partition coefficient (Wildman–Crippen LogP) is 4.19. The molecule has 0 unspecified atom stereocenters. The molecule has 27 heavy (non-hydrogen) atoms. The van der Waals surface area contributed by atoms with Gasteiger partial charge in [-0.15, -0.1) is 0 Å². The summed E-state index contributed by atoms with van der Waals surface area (Å²) in [5.74, 6) is -1.51. The smallest absolute Gasteiger partial charge is 0.266 e. The molecule has 2 aromatic rings. The zero-order valence-corrected chi connectivity index (χ0v) is 15.6. The molecule has 1 aliphatic heterocycles. The number of nitrogens with zero attached hydrogens (tertiary/aromatic N) is 1. The highest BCUT2D eigenvalue weighted by molar-refractivity contribution is 8.26. The van der Waals surface area contributed by atoms with E-state index in [9.17, 15) is 18.4 Å². The highest BCUT2D eigenvalue weighted by Gasteiger charge is 2.32. The number of benzene rings is 2. The first kappa shape index (κ1) is 19.2. The Kier molecular flexibility index (Phi) is 5.98. The van der Waals surface area contributed by atoms with E-state index in [0.717, 1.165) is 11.8 Å². The van der Waals surface area contributed by atoms with Crippen molar-refractivity contribution >= 4 is 51.9 Å². The third-order valence-corrected chi connectivity index (χ3v) is 5.13. The van der Waals surface area contributed by atoms with Gasteiger partial charge in [0, 0.05) is 24.2 Å². The summed E-state index contributed by atoms with van der Waals surface area (Å²) in [6.45, 7) is 0.103. The van der Waals surface area contributed by atoms with E-state index in [4.69, 9.17) is 12.2 Å². The van der Waals surface area contributed by atoms with Crippen LogP contribution in [0, 0.1) is 11.6 Å². The molecule has 2 aromatic carbocycles. The highest BCUT2D eigenvalue weighted by atomic mass is 32.2. The van der Waals surface area contributed by atoms with Crippen LogP contribution in [0.4, 0.5) is 14.5 Å². The normalized spacial score (nSPS) is 15.5. The maximum absolute atomic E-state index is 13.8. The minimum atomic E-state index is -0.429. The quantitative estimate of drug-likeness (QED) is 0.600. The van der Waals surface area contributed by atoms with Gasteiger partial charge in [0.25, 0.3) is 5.91 Å². The second-order valence-corrected chi connectivity index (χ2v) is 7.34. The maximum atomic E-state index is 13.8. The third kappa shape index (κ3) is 4.78. The number of hydrogen-bond donors (Lipinski definition) is 1. The van der Waals surface area contributed by atoms with Gasteiger partial charge < -0.3 is 5.32 Å². The molecule has 1 heterocycles. The fraction of sp³-hybridized carbons (Fsp3) is 0.105. The minimum absolute atomic E-state index is 0.0246. The first-order valence-electron chi connectivity index (χ1n) is 7.99. The van der Waals surface area contributed by atoms with Crippen LogP contribution in [0.5, 0.6) is 0 Å². The molecular formula is C19H14F2N2O2S2. The average molecular weight is 404 g/mol. The molecule has 3 rings (SSSR count). The molecule has 4 nitrogen and oxygen atoms in total. The Bertz CT molecular complexity index is 930. The van der Waals surface area contributed by atoms with Crippen molar-refractivity contribution in [2.45, 2.75) is 6.42 Å². The Morgan fingerprint density at radius 2 is 1.85 bits per heavy atom. The summed E-state index contributed by atoms with van der Waals surface area (Å²) in [7, 11) is 0. The lowest BCUT2D eigenvalue weighted by atomic mass is 10.2. The number of carbonyl (C=O) groups is 2. The monoisotopic (exact) mass is 404 g/mol. The van der Waals surface area contributed by atoms with Crippen LogP contribution >= 0.6 is 24.0 Å². The molecule has 0 bridgehead atoms. The van der Waals surface area contributed by atoms with Crippen molar-refractivity contribution in [2.75, 3.05) is 11.9 Å². The van der Waals surface area contributed by atoms with Gasteiger partial charge in [-0.2, -0.15) is 0 Å². The van der Waals surface area contributed by atoms with Crippen molar-refractivity contribution in [3.05, 3.63) is 70.6 Å². The highest BCUT2D eigenvalue weighted by Crippen LogP contribution is 2.33. The standard InChI is InChI=1S/C19H14F2N2O2S2/c20-13-5-7-14(8-6-13)22-17(24)9-10-23-18(25)16(27-19(23)26)11-12-3-1-2-4-15(12)21/h1-8,11H,9-10H2,(H,22,24)/b16-11-. The summed E-state index contributed by atoms with van der Waals surface area (Å²) >= 11 is 6.27. The average Bonchev–Trinajstić information content (AvgIpc) is 2.90. The molecule has 0 aromatic heterocycles. The summed E-state index contributed by atoms with van der Waals surface area (Å²) in [5.41, 5.74) is 0.762. The molecule has 0 aliphatic carbocycles. The van der Waals surface area contributed by atoms with Crippen molar-refractivity contribution in [3.63, 3.8) is 0 Å². The van der Waals surface area contributed by atoms with Crippen LogP contribution in [0.15, 0.2) is 53.4 Å². The van der Waals surface area contributed by atoms with Crippen LogP contribution in [0.1, 0.15) is 12.0 Å². The maximum Gasteiger partial charge on any atom is 0.266 e. The van der Waals surface area contributed by atoms with Crippen LogP contribution in [-0.4, -0.2) is 27.6 Å². The predicted molar refractivity (Wildman–Crippen MR) is 106 cm³/mol. The molecule has 1 saturated heterocycles. The number of thioether (sulfide) groups is 1. The van der Waals surface area contributed by atoms with Gasteiger partial charge in [0.2, 0.25) is 5.91 Å². The molecule has 1 aliphatic rings. The number of carbonyl (C=O) groups excluding carboxylic acids is 2. The molecule has 0 saturated carbocycles. The molecule has 0 atom stereocenters. The van der Waals surface area contributed by atoms with Crippen molar-refractivity contribution in [1.82, 2.24) is 4.90 Å². The molecular weight excluding hydrogens is 390 g/mol. The van der Waals surface area contributed by atoms with Gasteiger partial charge in [-0.3, -0.25) is 14.5 Å². The topological polar surface area (TPSA) is 49.4 Å². The zero-order valence-electron chi connectivity index (χ0n) is 13.9. The molecule has 8 heteroatoms. The minimum Gasteiger partial charge on any atom is -0.326 e. The largest absolute Gasteiger partial charge is 0.326 e. The van der Waals surface area contributed by atoms with Gasteiger partial charge in [-0.05, 0) is 36.4 Å². The van der Waals surface area contributed by atoms with E-state index in [-0.39, 0.29) is 24.8 Å². The fourth-order valence-electron chi connectivity index (χ4n) is 2.40. The first-order valence-corrected chi connectivity index (χ1v) is 9.22. The van der Waals surface area contributed by atoms with E-state index in [1.54, 1.807) is 18.2 Å². The summed E-state index contributed by atoms with van der Waals surface area (Å²) in [5, 5.41) is 2.62. The summed E-state index contributed by atoms with van der Waals surface area (Å²) in [6.07, 6.45) is 1.48. The zero-order chi connectivity index (χ0) is 19.4. The molecule has 1 fully saturated rings. The van der Waals surface area contributed by atoms with Gasteiger partial charge in [0.1, 0.15) is 16.0 Å². The van der Waals surface area contributed by atoms with E-state index in [1.807, 2.05) is 0 Å². The molecule has 138 valence electrons. The number of nitrogens with one attached hydrogen (secondary N) is 1.